The van der Waals surface area contributed by atoms with Crippen LogP contribution in [0.25, 0.3) is 0 Å². The summed E-state index contributed by atoms with van der Waals surface area (Å²) in [5.41, 5.74) is 0.883. The van der Waals surface area contributed by atoms with Gasteiger partial charge in [-0.2, -0.15) is 0 Å². The zero-order valence-corrected chi connectivity index (χ0v) is 13.7. The van der Waals surface area contributed by atoms with E-state index < -0.39 is 18.1 Å². The van der Waals surface area contributed by atoms with Crippen LogP contribution in [0.15, 0.2) is 30.3 Å². The van der Waals surface area contributed by atoms with Crippen molar-refractivity contribution in [2.45, 2.75) is 52.2 Å². The largest absolute Gasteiger partial charge is 0.480 e. The molecule has 0 aliphatic heterocycles. The van der Waals surface area contributed by atoms with Gasteiger partial charge in [0.2, 0.25) is 5.91 Å². The van der Waals surface area contributed by atoms with E-state index in [1.165, 1.54) is 0 Å². The van der Waals surface area contributed by atoms with Crippen molar-refractivity contribution in [2.75, 3.05) is 0 Å². The number of hydrogen-bond acceptors (Lipinski definition) is 3. The first kappa shape index (κ1) is 18.2. The van der Waals surface area contributed by atoms with Crippen molar-refractivity contribution >= 4 is 11.9 Å². The van der Waals surface area contributed by atoms with E-state index in [2.05, 4.69) is 10.6 Å². The third kappa shape index (κ3) is 5.85. The van der Waals surface area contributed by atoms with Gasteiger partial charge < -0.3 is 15.7 Å². The van der Waals surface area contributed by atoms with Gasteiger partial charge >= 0.3 is 5.97 Å². The van der Waals surface area contributed by atoms with Crippen molar-refractivity contribution in [3.05, 3.63) is 35.9 Å². The normalized spacial score (nSPS) is 13.9. The molecule has 0 saturated heterocycles. The number of hydrogen-bond donors (Lipinski definition) is 3. The Bertz CT molecular complexity index is 486. The first-order valence-electron chi connectivity index (χ1n) is 7.64. The van der Waals surface area contributed by atoms with E-state index in [-0.39, 0.29) is 24.3 Å². The lowest BCUT2D eigenvalue weighted by atomic mass is 10.0. The van der Waals surface area contributed by atoms with Gasteiger partial charge in [-0.15, -0.1) is 0 Å². The fraction of sp³-hybridized carbons (Fsp3) is 0.529. The Balaban J connectivity index is 2.76. The Labute approximate surface area is 132 Å². The molecule has 122 valence electrons. The average Bonchev–Trinajstić information content (AvgIpc) is 2.44. The molecule has 0 aliphatic rings. The fourth-order valence-corrected chi connectivity index (χ4v) is 2.24. The van der Waals surface area contributed by atoms with Gasteiger partial charge in [0, 0.05) is 12.5 Å². The number of nitrogens with one attached hydrogen (secondary N) is 2. The number of amides is 1. The molecule has 1 unspecified atom stereocenters. The van der Waals surface area contributed by atoms with E-state index in [4.69, 9.17) is 0 Å². The molecule has 5 heteroatoms. The topological polar surface area (TPSA) is 78.4 Å². The highest BCUT2D eigenvalue weighted by Crippen LogP contribution is 2.07. The molecular weight excluding hydrogens is 280 g/mol. The smallest absolute Gasteiger partial charge is 0.326 e. The number of benzene rings is 1. The van der Waals surface area contributed by atoms with Crippen molar-refractivity contribution < 1.29 is 14.7 Å². The van der Waals surface area contributed by atoms with Crippen LogP contribution in [-0.2, 0) is 16.0 Å². The minimum Gasteiger partial charge on any atom is -0.480 e. The van der Waals surface area contributed by atoms with E-state index in [0.29, 0.717) is 0 Å². The number of rotatable bonds is 8. The van der Waals surface area contributed by atoms with Crippen LogP contribution >= 0.6 is 0 Å². The predicted octanol–water partition coefficient (Wildman–Crippen LogP) is 1.82. The Morgan fingerprint density at radius 3 is 2.14 bits per heavy atom. The SMILES string of the molecule is CC(C)NC(C(=O)N[C@@H](Cc1ccccc1)C(=O)O)C(C)C. The standard InChI is InChI=1S/C17H26N2O3/c1-11(2)15(18-12(3)4)16(20)19-14(17(21)22)10-13-8-6-5-7-9-13/h5-9,11-12,14-15,18H,10H2,1-4H3,(H,19,20)(H,21,22)/t14-,15?/m0/s1. The highest BCUT2D eigenvalue weighted by atomic mass is 16.4. The summed E-state index contributed by atoms with van der Waals surface area (Å²) < 4.78 is 0. The van der Waals surface area contributed by atoms with E-state index >= 15 is 0 Å². The first-order chi connectivity index (χ1) is 10.3. The summed E-state index contributed by atoms with van der Waals surface area (Å²) in [6, 6.07) is 8.11. The summed E-state index contributed by atoms with van der Waals surface area (Å²) in [4.78, 5) is 23.8. The summed E-state index contributed by atoms with van der Waals surface area (Å²) in [6.45, 7) is 7.79. The zero-order chi connectivity index (χ0) is 16.7. The van der Waals surface area contributed by atoms with Crippen molar-refractivity contribution in [3.8, 4) is 0 Å². The monoisotopic (exact) mass is 306 g/mol. The third-order valence-corrected chi connectivity index (χ3v) is 3.36. The molecule has 0 radical (unpaired) electrons. The van der Waals surface area contributed by atoms with Gasteiger partial charge in [0.15, 0.2) is 0 Å². The van der Waals surface area contributed by atoms with E-state index in [1.54, 1.807) is 0 Å². The minimum atomic E-state index is -1.02. The molecule has 5 nitrogen and oxygen atoms in total. The maximum absolute atomic E-state index is 12.4. The summed E-state index contributed by atoms with van der Waals surface area (Å²) in [7, 11) is 0. The summed E-state index contributed by atoms with van der Waals surface area (Å²) >= 11 is 0. The van der Waals surface area contributed by atoms with Crippen LogP contribution in [0.5, 0.6) is 0 Å². The van der Waals surface area contributed by atoms with Crippen molar-refractivity contribution in [1.82, 2.24) is 10.6 Å². The average molecular weight is 306 g/mol. The summed E-state index contributed by atoms with van der Waals surface area (Å²) in [5.74, 6) is -1.22. The molecule has 0 fully saturated rings. The number of carbonyl (C=O) groups excluding carboxylic acids is 1. The van der Waals surface area contributed by atoms with Gasteiger partial charge in [-0.3, -0.25) is 4.79 Å². The molecule has 1 rings (SSSR count). The van der Waals surface area contributed by atoms with Gasteiger partial charge in [-0.1, -0.05) is 58.0 Å². The van der Waals surface area contributed by atoms with Crippen molar-refractivity contribution in [2.24, 2.45) is 5.92 Å². The van der Waals surface area contributed by atoms with Crippen LogP contribution in [0.3, 0.4) is 0 Å². The molecule has 3 N–H and O–H groups in total. The molecule has 0 bridgehead atoms. The van der Waals surface area contributed by atoms with Crippen LogP contribution in [0.1, 0.15) is 33.3 Å². The first-order valence-corrected chi connectivity index (χ1v) is 7.64. The molecule has 1 aromatic rings. The van der Waals surface area contributed by atoms with E-state index in [0.717, 1.165) is 5.56 Å². The molecule has 0 aliphatic carbocycles. The molecule has 1 aromatic carbocycles. The van der Waals surface area contributed by atoms with Crippen LogP contribution in [0.4, 0.5) is 0 Å². The Kier molecular flexibility index (Phi) is 7.05. The fourth-order valence-electron chi connectivity index (χ4n) is 2.24. The molecule has 22 heavy (non-hydrogen) atoms. The van der Waals surface area contributed by atoms with Crippen LogP contribution in [-0.4, -0.2) is 35.1 Å². The molecular formula is C17H26N2O3. The minimum absolute atomic E-state index is 0.0774. The second kappa shape index (κ2) is 8.54. The zero-order valence-electron chi connectivity index (χ0n) is 13.7. The highest BCUT2D eigenvalue weighted by Gasteiger charge is 2.27. The molecule has 2 atom stereocenters. The second-order valence-corrected chi connectivity index (χ2v) is 6.13. The maximum atomic E-state index is 12.4. The second-order valence-electron chi connectivity index (χ2n) is 6.13. The van der Waals surface area contributed by atoms with Crippen LogP contribution in [0, 0.1) is 5.92 Å². The van der Waals surface area contributed by atoms with E-state index in [1.807, 2.05) is 58.0 Å². The summed E-state index contributed by atoms with van der Waals surface area (Å²) in [6.07, 6.45) is 0.272. The van der Waals surface area contributed by atoms with E-state index in [9.17, 15) is 14.7 Å². The molecule has 0 saturated carbocycles. The molecule has 1 amide bonds. The number of carbonyl (C=O) groups is 2. The lowest BCUT2D eigenvalue weighted by molar-refractivity contribution is -0.142. The Morgan fingerprint density at radius 2 is 1.68 bits per heavy atom. The lowest BCUT2D eigenvalue weighted by Crippen LogP contribution is -2.54. The number of aliphatic carboxylic acids is 1. The lowest BCUT2D eigenvalue weighted by Gasteiger charge is -2.25. The summed E-state index contributed by atoms with van der Waals surface area (Å²) in [5, 5.41) is 15.2. The third-order valence-electron chi connectivity index (χ3n) is 3.36. The van der Waals surface area contributed by atoms with Crippen molar-refractivity contribution in [1.29, 1.82) is 0 Å². The highest BCUT2D eigenvalue weighted by molar-refractivity contribution is 5.87. The van der Waals surface area contributed by atoms with Crippen molar-refractivity contribution in [3.63, 3.8) is 0 Å². The van der Waals surface area contributed by atoms with Gasteiger partial charge in [0.1, 0.15) is 6.04 Å². The van der Waals surface area contributed by atoms with Gasteiger partial charge in [0.25, 0.3) is 0 Å². The predicted molar refractivity (Wildman–Crippen MR) is 86.6 cm³/mol. The van der Waals surface area contributed by atoms with Gasteiger partial charge in [-0.25, -0.2) is 4.79 Å². The van der Waals surface area contributed by atoms with Gasteiger partial charge in [-0.05, 0) is 11.5 Å². The van der Waals surface area contributed by atoms with Crippen LogP contribution < -0.4 is 10.6 Å². The molecule has 0 heterocycles. The molecule has 0 spiro atoms. The maximum Gasteiger partial charge on any atom is 0.326 e. The number of carboxylic acid groups (broad SMARTS) is 1. The Morgan fingerprint density at radius 1 is 1.09 bits per heavy atom. The van der Waals surface area contributed by atoms with Crippen LogP contribution in [0.2, 0.25) is 0 Å². The quantitative estimate of drug-likeness (QED) is 0.684. The van der Waals surface area contributed by atoms with Gasteiger partial charge in [0.05, 0.1) is 6.04 Å². The Hall–Kier alpha value is -1.88. The molecule has 0 aromatic heterocycles. The number of carboxylic acids is 1.